The monoisotopic (exact) mass is 288 g/mol. The van der Waals surface area contributed by atoms with Crippen molar-refractivity contribution >= 4 is 35.5 Å². The standard InChI is InChI=1S/C4H9.C2H6O.H2S.S.Sn/c1-3-4-2;1-2-3;;;/h1,3-4H2,2H3;3H,2H2,1H3;1H2;;/q;;;;+1/p-1. The van der Waals surface area contributed by atoms with Crippen molar-refractivity contribution < 1.29 is 5.11 Å². The van der Waals surface area contributed by atoms with Gasteiger partial charge in [-0.05, 0) is 6.92 Å². The topological polar surface area (TPSA) is 20.2 Å². The van der Waals surface area contributed by atoms with Crippen LogP contribution in [0, 0.1) is 0 Å². The molecule has 0 aliphatic carbocycles. The molecule has 0 aliphatic rings. The average molecular weight is 287 g/mol. The fourth-order valence-electron chi connectivity index (χ4n) is 0.328. The van der Waals surface area contributed by atoms with Crippen LogP contribution in [0.2, 0.25) is 4.44 Å². The van der Waals surface area contributed by atoms with Crippen molar-refractivity contribution in [3.63, 3.8) is 0 Å². The van der Waals surface area contributed by atoms with Gasteiger partial charge in [-0.15, -0.1) is 0 Å². The molecular weight excluding hydrogens is 271 g/mol. The maximum absolute atomic E-state index is 7.57. The molecule has 0 fully saturated rings. The summed E-state index contributed by atoms with van der Waals surface area (Å²) in [4.78, 5) is 0. The Morgan fingerprint density at radius 3 is 2.00 bits per heavy atom. The van der Waals surface area contributed by atoms with E-state index in [1.165, 1.54) is 17.3 Å². The van der Waals surface area contributed by atoms with Crippen molar-refractivity contribution in [3.05, 3.63) is 0 Å². The summed E-state index contributed by atoms with van der Waals surface area (Å²) in [5.41, 5.74) is 0. The summed E-state index contributed by atoms with van der Waals surface area (Å²) < 4.78 is 1.27. The fourth-order valence-corrected chi connectivity index (χ4v) is 4.23. The number of aliphatic hydroxyl groups is 1. The van der Waals surface area contributed by atoms with Crippen LogP contribution in [0.5, 0.6) is 0 Å². The summed E-state index contributed by atoms with van der Waals surface area (Å²) in [6.07, 6.45) is 2.59. The fraction of sp³-hybridized carbons (Fsp3) is 1.00. The number of unbranched alkanes of at least 4 members (excludes halogenated alkanes) is 1. The zero-order valence-electron chi connectivity index (χ0n) is 6.63. The molecule has 0 rings (SSSR count). The summed E-state index contributed by atoms with van der Waals surface area (Å²) >= 11 is -1.36. The van der Waals surface area contributed by atoms with E-state index in [0.29, 0.717) is 0 Å². The molecule has 0 aromatic rings. The Bertz CT molecular complexity index is 78.1. The molecule has 4 heteroatoms. The van der Waals surface area contributed by atoms with Crippen molar-refractivity contribution in [2.45, 2.75) is 31.1 Å². The van der Waals surface area contributed by atoms with E-state index in [0.717, 1.165) is 0 Å². The smallest absolute Gasteiger partial charge is 0.0402 e. The van der Waals surface area contributed by atoms with Crippen LogP contribution in [-0.2, 0) is 0 Å². The van der Waals surface area contributed by atoms with Crippen molar-refractivity contribution in [1.29, 1.82) is 0 Å². The Kier molecular flexibility index (Phi) is 18.0. The molecule has 0 spiro atoms. The second kappa shape index (κ2) is 13.0. The molecule has 1 N–H and O–H groups in total. The first-order chi connectivity index (χ1) is 4.68. The average Bonchev–Trinajstić information content (AvgIpc) is 1.85. The normalized spacial score (nSPS) is 8.00. The summed E-state index contributed by atoms with van der Waals surface area (Å²) in [6, 6.07) is 0. The van der Waals surface area contributed by atoms with Crippen LogP contribution in [0.4, 0.5) is 0 Å². The number of aliphatic hydroxyl groups excluding tert-OH is 1. The predicted molar refractivity (Wildman–Crippen MR) is 54.8 cm³/mol. The molecule has 0 atom stereocenters. The van der Waals surface area contributed by atoms with Gasteiger partial charge in [-0.1, -0.05) is 0 Å². The third-order valence-electron chi connectivity index (χ3n) is 0.744. The van der Waals surface area contributed by atoms with Crippen LogP contribution in [0.15, 0.2) is 0 Å². The molecule has 0 aromatic carbocycles. The van der Waals surface area contributed by atoms with Gasteiger partial charge in [0.05, 0.1) is 0 Å². The van der Waals surface area contributed by atoms with Crippen molar-refractivity contribution in [3.8, 4) is 0 Å². The predicted octanol–water partition coefficient (Wildman–Crippen LogP) is 2.40. The Morgan fingerprint density at radius 2 is 1.90 bits per heavy atom. The van der Waals surface area contributed by atoms with Crippen LogP contribution in [0.3, 0.4) is 0 Å². The minimum Gasteiger partial charge on any atom is -0.397 e. The molecule has 10 heavy (non-hydrogen) atoms. The minimum atomic E-state index is -1.36. The van der Waals surface area contributed by atoms with Gasteiger partial charge in [-0.25, -0.2) is 0 Å². The van der Waals surface area contributed by atoms with Crippen LogP contribution in [0.1, 0.15) is 26.7 Å². The molecule has 0 heterocycles. The van der Waals surface area contributed by atoms with Crippen LogP contribution in [-0.4, -0.2) is 28.1 Å². The zero-order valence-corrected chi connectivity index (χ0v) is 11.2. The van der Waals surface area contributed by atoms with E-state index in [1.807, 2.05) is 0 Å². The van der Waals surface area contributed by atoms with Gasteiger partial charge in [0.1, 0.15) is 0 Å². The first kappa shape index (κ1) is 13.9. The molecule has 0 saturated carbocycles. The molecule has 0 unspecified atom stereocenters. The van der Waals surface area contributed by atoms with E-state index < -0.39 is 16.4 Å². The van der Waals surface area contributed by atoms with Gasteiger partial charge in [0.15, 0.2) is 0 Å². The first-order valence-corrected chi connectivity index (χ1v) is 13.7. The van der Waals surface area contributed by atoms with E-state index in [4.69, 9.17) is 14.4 Å². The summed E-state index contributed by atoms with van der Waals surface area (Å²) in [5.74, 6) is 0. The van der Waals surface area contributed by atoms with Crippen molar-refractivity contribution in [2.24, 2.45) is 0 Å². The molecule has 0 amide bonds. The third-order valence-corrected chi connectivity index (χ3v) is 5.84. The zero-order chi connectivity index (χ0) is 8.41. The van der Waals surface area contributed by atoms with Gasteiger partial charge in [-0.3, -0.25) is 0 Å². The Labute approximate surface area is 78.0 Å². The number of hydrogen-bond donors (Lipinski definition) is 2. The largest absolute Gasteiger partial charge is 0.397 e. The van der Waals surface area contributed by atoms with Gasteiger partial charge < -0.3 is 5.11 Å². The van der Waals surface area contributed by atoms with Gasteiger partial charge in [0.25, 0.3) is 0 Å². The summed E-state index contributed by atoms with van der Waals surface area (Å²) in [5, 5.41) is 7.57. The van der Waals surface area contributed by atoms with Gasteiger partial charge in [-0.2, -0.15) is 0 Å². The summed E-state index contributed by atoms with van der Waals surface area (Å²) in [6.45, 7) is 4.12. The molecule has 0 bridgehead atoms. The van der Waals surface area contributed by atoms with Crippen LogP contribution in [0.25, 0.3) is 0 Å². The second-order valence-corrected chi connectivity index (χ2v) is 14.4. The van der Waals surface area contributed by atoms with Gasteiger partial charge in [0.2, 0.25) is 0 Å². The van der Waals surface area contributed by atoms with Gasteiger partial charge in [0, 0.05) is 6.61 Å². The minimum absolute atomic E-state index is 0.250. The number of hydrogen-bond acceptors (Lipinski definition) is 2. The third kappa shape index (κ3) is 22.8. The van der Waals surface area contributed by atoms with E-state index in [1.54, 1.807) is 6.92 Å². The molecule has 0 radical (unpaired) electrons. The maximum Gasteiger partial charge on any atom is 0.0402 e. The number of thiol groups is 1. The van der Waals surface area contributed by atoms with E-state index in [-0.39, 0.29) is 6.61 Å². The van der Waals surface area contributed by atoms with Gasteiger partial charge >= 0.3 is 59.7 Å². The number of rotatable bonds is 3. The molecule has 62 valence electrons. The molecule has 0 aromatic heterocycles. The molecule has 1 nitrogen and oxygen atoms in total. The quantitative estimate of drug-likeness (QED) is 0.614. The van der Waals surface area contributed by atoms with Crippen LogP contribution >= 0.6 is 19.1 Å². The first-order valence-electron chi connectivity index (χ1n) is 3.51. The second-order valence-electron chi connectivity index (χ2n) is 1.81. The molecular formula is C6H16OS2Sn. The van der Waals surface area contributed by atoms with Crippen LogP contribution < -0.4 is 0 Å². The Hall–Kier alpha value is 1.33. The van der Waals surface area contributed by atoms with E-state index in [9.17, 15) is 0 Å². The Morgan fingerprint density at radius 1 is 1.50 bits per heavy atom. The van der Waals surface area contributed by atoms with Crippen molar-refractivity contribution in [1.82, 2.24) is 0 Å². The maximum atomic E-state index is 7.57. The van der Waals surface area contributed by atoms with Crippen molar-refractivity contribution in [2.75, 3.05) is 6.61 Å². The SMILES string of the molecule is CCC[CH2][Sn](=[S])[SH].CCO. The summed E-state index contributed by atoms with van der Waals surface area (Å²) in [7, 11) is 9.25. The van der Waals surface area contributed by atoms with E-state index in [2.05, 4.69) is 16.7 Å². The Balaban J connectivity index is 0. The molecule has 0 saturated heterocycles. The molecule has 0 aliphatic heterocycles. The van der Waals surface area contributed by atoms with E-state index >= 15 is 0 Å².